The van der Waals surface area contributed by atoms with Crippen LogP contribution in [0.2, 0.25) is 5.02 Å². The van der Waals surface area contributed by atoms with Crippen LogP contribution in [0.3, 0.4) is 0 Å². The van der Waals surface area contributed by atoms with Crippen molar-refractivity contribution in [3.8, 4) is 0 Å². The van der Waals surface area contributed by atoms with Gasteiger partial charge in [0.15, 0.2) is 0 Å². The second kappa shape index (κ2) is 6.53. The number of nitrogens with zero attached hydrogens (tertiary/aromatic N) is 1. The van der Waals surface area contributed by atoms with E-state index in [4.69, 9.17) is 16.3 Å². The highest BCUT2D eigenvalue weighted by Gasteiger charge is 2.30. The normalized spacial score (nSPS) is 25.3. The molecule has 0 saturated carbocycles. The summed E-state index contributed by atoms with van der Waals surface area (Å²) in [6.45, 7) is 5.74. The Hall–Kier alpha value is -0.610. The Kier molecular flexibility index (Phi) is 5.01. The summed E-state index contributed by atoms with van der Waals surface area (Å²) in [6, 6.07) is 8.39. The molecule has 1 fully saturated rings. The molecule has 0 bridgehead atoms. The Bertz CT molecular complexity index is 369. The van der Waals surface area contributed by atoms with Crippen LogP contribution in [0.5, 0.6) is 0 Å². The van der Waals surface area contributed by atoms with Gasteiger partial charge in [-0.3, -0.25) is 4.90 Å². The smallest absolute Gasteiger partial charge is 0.0896 e. The van der Waals surface area contributed by atoms with Crippen molar-refractivity contribution in [1.82, 2.24) is 10.2 Å². The maximum absolute atomic E-state index is 5.95. The Balaban J connectivity index is 2.15. The van der Waals surface area contributed by atoms with Crippen LogP contribution in [0.4, 0.5) is 0 Å². The Morgan fingerprint density at radius 3 is 2.78 bits per heavy atom. The highest BCUT2D eigenvalue weighted by atomic mass is 35.5. The van der Waals surface area contributed by atoms with E-state index in [-0.39, 0.29) is 6.10 Å². The first-order chi connectivity index (χ1) is 8.72. The first-order valence-corrected chi connectivity index (χ1v) is 6.88. The van der Waals surface area contributed by atoms with Crippen LogP contribution in [-0.4, -0.2) is 44.3 Å². The van der Waals surface area contributed by atoms with Gasteiger partial charge in [-0.25, -0.2) is 0 Å². The maximum atomic E-state index is 5.95. The van der Waals surface area contributed by atoms with Gasteiger partial charge in [0.05, 0.1) is 18.8 Å². The number of rotatable bonds is 4. The number of ether oxygens (including phenoxy) is 1. The van der Waals surface area contributed by atoms with Gasteiger partial charge in [0.1, 0.15) is 0 Å². The maximum Gasteiger partial charge on any atom is 0.0896 e. The van der Waals surface area contributed by atoms with E-state index in [0.717, 1.165) is 31.3 Å². The van der Waals surface area contributed by atoms with Gasteiger partial charge in [0.2, 0.25) is 0 Å². The van der Waals surface area contributed by atoms with Gasteiger partial charge in [0, 0.05) is 18.1 Å². The average molecular weight is 269 g/mol. The molecule has 2 atom stereocenters. The zero-order valence-electron chi connectivity index (χ0n) is 11.0. The third-order valence-electron chi connectivity index (χ3n) is 3.41. The molecule has 3 nitrogen and oxygen atoms in total. The zero-order chi connectivity index (χ0) is 13.0. The number of halogens is 1. The van der Waals surface area contributed by atoms with Crippen LogP contribution in [0, 0.1) is 0 Å². The minimum absolute atomic E-state index is 0.199. The lowest BCUT2D eigenvalue weighted by atomic mass is 9.98. The fraction of sp³-hybridized carbons (Fsp3) is 0.571. The summed E-state index contributed by atoms with van der Waals surface area (Å²) in [5.41, 5.74) is 1.27. The van der Waals surface area contributed by atoms with Crippen molar-refractivity contribution < 1.29 is 4.74 Å². The van der Waals surface area contributed by atoms with Gasteiger partial charge in [-0.2, -0.15) is 0 Å². The lowest BCUT2D eigenvalue weighted by Crippen LogP contribution is -2.47. The summed E-state index contributed by atoms with van der Waals surface area (Å²) in [5, 5.41) is 4.15. The predicted octanol–water partition coefficient (Wildman–Crippen LogP) is 2.32. The van der Waals surface area contributed by atoms with E-state index in [1.807, 2.05) is 12.1 Å². The quantitative estimate of drug-likeness (QED) is 0.907. The molecule has 1 aliphatic rings. The molecule has 1 aromatic carbocycles. The van der Waals surface area contributed by atoms with Crippen molar-refractivity contribution in [3.05, 3.63) is 34.9 Å². The molecule has 1 N–H and O–H groups in total. The molecule has 0 amide bonds. The standard InChI is InChI=1S/C14H21ClN2O/c1-3-16-10-13-14(17(2)8-9-18-13)11-4-6-12(15)7-5-11/h4-7,13-14,16H,3,8-10H2,1-2H3. The first-order valence-electron chi connectivity index (χ1n) is 6.50. The molecule has 0 aliphatic carbocycles. The minimum Gasteiger partial charge on any atom is -0.374 e. The van der Waals surface area contributed by atoms with E-state index >= 15 is 0 Å². The van der Waals surface area contributed by atoms with Crippen molar-refractivity contribution in [2.45, 2.75) is 19.1 Å². The van der Waals surface area contributed by atoms with E-state index in [1.54, 1.807) is 0 Å². The number of likely N-dealkylation sites (N-methyl/N-ethyl adjacent to an activating group) is 2. The van der Waals surface area contributed by atoms with Crippen LogP contribution in [0.15, 0.2) is 24.3 Å². The third-order valence-corrected chi connectivity index (χ3v) is 3.66. The van der Waals surface area contributed by atoms with Crippen molar-refractivity contribution in [2.24, 2.45) is 0 Å². The van der Waals surface area contributed by atoms with Crippen LogP contribution in [-0.2, 0) is 4.74 Å². The van der Waals surface area contributed by atoms with Crippen molar-refractivity contribution >= 4 is 11.6 Å². The molecule has 2 rings (SSSR count). The van der Waals surface area contributed by atoms with Crippen LogP contribution < -0.4 is 5.32 Å². The summed E-state index contributed by atoms with van der Waals surface area (Å²) in [4.78, 5) is 2.36. The molecule has 1 aromatic rings. The first kappa shape index (κ1) is 13.8. The van der Waals surface area contributed by atoms with E-state index in [0.29, 0.717) is 6.04 Å². The largest absolute Gasteiger partial charge is 0.374 e. The van der Waals surface area contributed by atoms with Crippen LogP contribution >= 0.6 is 11.6 Å². The topological polar surface area (TPSA) is 24.5 Å². The molecule has 1 aliphatic heterocycles. The third kappa shape index (κ3) is 3.23. The molecular formula is C14H21ClN2O. The van der Waals surface area contributed by atoms with Gasteiger partial charge in [-0.1, -0.05) is 30.7 Å². The summed E-state index contributed by atoms with van der Waals surface area (Å²) in [6.07, 6.45) is 0.199. The second-order valence-corrected chi connectivity index (χ2v) is 5.13. The predicted molar refractivity (Wildman–Crippen MR) is 75.1 cm³/mol. The van der Waals surface area contributed by atoms with Crippen molar-refractivity contribution in [2.75, 3.05) is 33.3 Å². The second-order valence-electron chi connectivity index (χ2n) is 4.69. The summed E-state index contributed by atoms with van der Waals surface area (Å²) >= 11 is 5.95. The molecule has 0 radical (unpaired) electrons. The molecule has 100 valence electrons. The highest BCUT2D eigenvalue weighted by molar-refractivity contribution is 6.30. The molecule has 1 saturated heterocycles. The van der Waals surface area contributed by atoms with Gasteiger partial charge in [-0.05, 0) is 31.3 Å². The van der Waals surface area contributed by atoms with Crippen molar-refractivity contribution in [1.29, 1.82) is 0 Å². The average Bonchev–Trinajstić information content (AvgIpc) is 2.38. The monoisotopic (exact) mass is 268 g/mol. The number of morpholine rings is 1. The Labute approximate surface area is 114 Å². The number of hydrogen-bond donors (Lipinski definition) is 1. The van der Waals surface area contributed by atoms with Gasteiger partial charge in [0.25, 0.3) is 0 Å². The highest BCUT2D eigenvalue weighted by Crippen LogP contribution is 2.28. The molecule has 2 unspecified atom stereocenters. The fourth-order valence-electron chi connectivity index (χ4n) is 2.45. The van der Waals surface area contributed by atoms with Gasteiger partial charge in [-0.15, -0.1) is 0 Å². The lowest BCUT2D eigenvalue weighted by molar-refractivity contribution is -0.0611. The fourth-order valence-corrected chi connectivity index (χ4v) is 2.57. The number of nitrogens with one attached hydrogen (secondary N) is 1. The van der Waals surface area contributed by atoms with E-state index in [1.165, 1.54) is 5.56 Å². The molecule has 0 aromatic heterocycles. The Morgan fingerprint density at radius 2 is 2.11 bits per heavy atom. The molecule has 0 spiro atoms. The SMILES string of the molecule is CCNCC1OCCN(C)C1c1ccc(Cl)cc1. The van der Waals surface area contributed by atoms with Crippen molar-refractivity contribution in [3.63, 3.8) is 0 Å². The van der Waals surface area contributed by atoms with E-state index < -0.39 is 0 Å². The zero-order valence-corrected chi connectivity index (χ0v) is 11.8. The summed E-state index contributed by atoms with van der Waals surface area (Å²) in [7, 11) is 2.15. The van der Waals surface area contributed by atoms with Gasteiger partial charge < -0.3 is 10.1 Å². The molecule has 4 heteroatoms. The lowest BCUT2D eigenvalue weighted by Gasteiger charge is -2.39. The minimum atomic E-state index is 0.199. The van der Waals surface area contributed by atoms with E-state index in [9.17, 15) is 0 Å². The molecule has 18 heavy (non-hydrogen) atoms. The Morgan fingerprint density at radius 1 is 1.39 bits per heavy atom. The van der Waals surface area contributed by atoms with E-state index in [2.05, 4.69) is 36.3 Å². The molecule has 1 heterocycles. The van der Waals surface area contributed by atoms with Crippen LogP contribution in [0.25, 0.3) is 0 Å². The molecular weight excluding hydrogens is 248 g/mol. The summed E-state index contributed by atoms with van der Waals surface area (Å²) in [5.74, 6) is 0. The van der Waals surface area contributed by atoms with Crippen LogP contribution in [0.1, 0.15) is 18.5 Å². The number of hydrogen-bond acceptors (Lipinski definition) is 3. The van der Waals surface area contributed by atoms with Gasteiger partial charge >= 0.3 is 0 Å². The summed E-state index contributed by atoms with van der Waals surface area (Å²) < 4.78 is 5.91. The number of benzene rings is 1.